The van der Waals surface area contributed by atoms with E-state index in [0.29, 0.717) is 5.01 Å². The summed E-state index contributed by atoms with van der Waals surface area (Å²) in [6.07, 6.45) is -2.96. The molecule has 0 spiro atoms. The summed E-state index contributed by atoms with van der Waals surface area (Å²) in [4.78, 5) is 61.1. The number of rotatable bonds is 7. The first-order chi connectivity index (χ1) is 13.3. The molecular formula is C17H30N4O8. The van der Waals surface area contributed by atoms with Crippen molar-refractivity contribution < 1.29 is 38.2 Å². The molecule has 12 nitrogen and oxygen atoms in total. The smallest absolute Gasteiger partial charge is 0.428 e. The molecule has 0 aliphatic rings. The Morgan fingerprint density at radius 2 is 1.55 bits per heavy atom. The van der Waals surface area contributed by atoms with E-state index in [9.17, 15) is 24.0 Å². The first-order valence-corrected chi connectivity index (χ1v) is 8.73. The lowest BCUT2D eigenvalue weighted by atomic mass is 10.1. The molecule has 29 heavy (non-hydrogen) atoms. The largest absolute Gasteiger partial charge is 0.452 e. The molecule has 0 radical (unpaired) electrons. The van der Waals surface area contributed by atoms with Gasteiger partial charge in [-0.25, -0.2) is 24.8 Å². The van der Waals surface area contributed by atoms with E-state index in [1.807, 2.05) is 5.43 Å². The van der Waals surface area contributed by atoms with Crippen molar-refractivity contribution in [1.29, 1.82) is 0 Å². The van der Waals surface area contributed by atoms with Gasteiger partial charge in [0.2, 0.25) is 5.91 Å². The first kappa shape index (κ1) is 26.0. The van der Waals surface area contributed by atoms with E-state index < -0.39 is 42.3 Å². The highest BCUT2D eigenvalue weighted by molar-refractivity contribution is 5.91. The standard InChI is InChI=1S/C17H30N4O8/c1-17(2,3)29-14(24)18-11(8-9-13(23)20(4)5)12(22)10-21(16(26)28-7)19-15(25)27-6/h11H,8-10H2,1-7H3,(H,18,24)(H,19,25)/t11-/m0/s1. The second-order valence-corrected chi connectivity index (χ2v) is 7.15. The van der Waals surface area contributed by atoms with E-state index in [0.717, 1.165) is 14.2 Å². The van der Waals surface area contributed by atoms with Crippen molar-refractivity contribution in [2.24, 2.45) is 0 Å². The summed E-state index contributed by atoms with van der Waals surface area (Å²) in [5, 5.41) is 2.98. The van der Waals surface area contributed by atoms with Crippen LogP contribution in [0.25, 0.3) is 0 Å². The summed E-state index contributed by atoms with van der Waals surface area (Å²) in [6, 6.07) is -1.15. The SMILES string of the molecule is COC(=O)NN(CC(=O)[C@H](CCC(=O)N(C)C)NC(=O)OC(C)(C)C)C(=O)OC. The van der Waals surface area contributed by atoms with Crippen molar-refractivity contribution in [3.63, 3.8) is 0 Å². The van der Waals surface area contributed by atoms with Gasteiger partial charge in [-0.15, -0.1) is 0 Å². The third-order valence-electron chi connectivity index (χ3n) is 3.35. The Bertz CT molecular complexity index is 615. The molecule has 0 rings (SSSR count). The Morgan fingerprint density at radius 1 is 0.966 bits per heavy atom. The molecule has 12 heteroatoms. The van der Waals surface area contributed by atoms with Gasteiger partial charge in [0.05, 0.1) is 20.3 Å². The van der Waals surface area contributed by atoms with E-state index in [-0.39, 0.29) is 18.7 Å². The van der Waals surface area contributed by atoms with Crippen LogP contribution < -0.4 is 10.7 Å². The number of hydrogen-bond acceptors (Lipinski definition) is 8. The van der Waals surface area contributed by atoms with Gasteiger partial charge in [0.25, 0.3) is 0 Å². The lowest BCUT2D eigenvalue weighted by Crippen LogP contribution is -2.53. The molecule has 166 valence electrons. The predicted octanol–water partition coefficient (Wildman–Crippen LogP) is 0.657. The number of ether oxygens (including phenoxy) is 3. The van der Waals surface area contributed by atoms with E-state index in [4.69, 9.17) is 4.74 Å². The van der Waals surface area contributed by atoms with Crippen LogP contribution in [0.4, 0.5) is 14.4 Å². The topological polar surface area (TPSA) is 144 Å². The van der Waals surface area contributed by atoms with Crippen LogP contribution in [0.3, 0.4) is 0 Å². The van der Waals surface area contributed by atoms with E-state index >= 15 is 0 Å². The zero-order chi connectivity index (χ0) is 22.8. The van der Waals surface area contributed by atoms with Crippen LogP contribution in [0.1, 0.15) is 33.6 Å². The Hall–Kier alpha value is -3.05. The lowest BCUT2D eigenvalue weighted by molar-refractivity contribution is -0.129. The van der Waals surface area contributed by atoms with Crippen LogP contribution in [0.15, 0.2) is 0 Å². The Morgan fingerprint density at radius 3 is 2.00 bits per heavy atom. The number of carbonyl (C=O) groups is 5. The van der Waals surface area contributed by atoms with Crippen LogP contribution >= 0.6 is 0 Å². The Kier molecular flexibility index (Phi) is 10.5. The maximum atomic E-state index is 12.7. The highest BCUT2D eigenvalue weighted by atomic mass is 16.6. The van der Waals surface area contributed by atoms with Crippen LogP contribution in [-0.2, 0) is 23.8 Å². The first-order valence-electron chi connectivity index (χ1n) is 8.73. The molecule has 0 aromatic carbocycles. The van der Waals surface area contributed by atoms with Crippen molar-refractivity contribution in [1.82, 2.24) is 20.7 Å². The zero-order valence-electron chi connectivity index (χ0n) is 17.9. The molecule has 0 saturated carbocycles. The highest BCUT2D eigenvalue weighted by Gasteiger charge is 2.29. The molecule has 0 aromatic rings. The number of hydrazine groups is 1. The van der Waals surface area contributed by atoms with Crippen molar-refractivity contribution in [2.75, 3.05) is 34.9 Å². The molecule has 0 heterocycles. The Labute approximate surface area is 169 Å². The Balaban J connectivity index is 5.34. The summed E-state index contributed by atoms with van der Waals surface area (Å²) in [5.41, 5.74) is 1.23. The van der Waals surface area contributed by atoms with Crippen molar-refractivity contribution >= 4 is 30.0 Å². The van der Waals surface area contributed by atoms with Gasteiger partial charge in [-0.1, -0.05) is 0 Å². The van der Waals surface area contributed by atoms with Crippen molar-refractivity contribution in [3.05, 3.63) is 0 Å². The summed E-state index contributed by atoms with van der Waals surface area (Å²) < 4.78 is 14.0. The molecule has 4 amide bonds. The fourth-order valence-corrected chi connectivity index (χ4v) is 1.94. The number of nitrogens with zero attached hydrogens (tertiary/aromatic N) is 2. The number of methoxy groups -OCH3 is 2. The summed E-state index contributed by atoms with van der Waals surface area (Å²) in [5.74, 6) is -0.921. The summed E-state index contributed by atoms with van der Waals surface area (Å²) >= 11 is 0. The van der Waals surface area contributed by atoms with Gasteiger partial charge in [-0.3, -0.25) is 9.59 Å². The van der Waals surface area contributed by atoms with Gasteiger partial charge in [-0.05, 0) is 27.2 Å². The molecule has 0 fully saturated rings. The van der Waals surface area contributed by atoms with Crippen LogP contribution in [0.5, 0.6) is 0 Å². The molecule has 2 N–H and O–H groups in total. The van der Waals surface area contributed by atoms with Crippen molar-refractivity contribution in [3.8, 4) is 0 Å². The lowest BCUT2D eigenvalue weighted by Gasteiger charge is -2.25. The minimum atomic E-state index is -1.15. The van der Waals surface area contributed by atoms with E-state index in [1.165, 1.54) is 4.90 Å². The average Bonchev–Trinajstić information content (AvgIpc) is 2.61. The predicted molar refractivity (Wildman–Crippen MR) is 101 cm³/mol. The van der Waals surface area contributed by atoms with Gasteiger partial charge in [0.15, 0.2) is 5.78 Å². The number of ketones is 1. The quantitative estimate of drug-likeness (QED) is 0.453. The van der Waals surface area contributed by atoms with Crippen LogP contribution in [0.2, 0.25) is 0 Å². The van der Waals surface area contributed by atoms with Gasteiger partial charge in [-0.2, -0.15) is 0 Å². The third-order valence-corrected chi connectivity index (χ3v) is 3.35. The average molecular weight is 418 g/mol. The molecular weight excluding hydrogens is 388 g/mol. The molecule has 0 aliphatic carbocycles. The maximum absolute atomic E-state index is 12.7. The minimum Gasteiger partial charge on any atom is -0.452 e. The molecule has 0 aromatic heterocycles. The second kappa shape index (κ2) is 11.7. The number of carbonyl (C=O) groups excluding carboxylic acids is 5. The molecule has 0 bridgehead atoms. The fraction of sp³-hybridized carbons (Fsp3) is 0.706. The third kappa shape index (κ3) is 10.8. The normalized spacial score (nSPS) is 11.6. The van der Waals surface area contributed by atoms with Crippen molar-refractivity contribution in [2.45, 2.75) is 45.3 Å². The van der Waals surface area contributed by atoms with Gasteiger partial charge < -0.3 is 24.4 Å². The fourth-order valence-electron chi connectivity index (χ4n) is 1.94. The monoisotopic (exact) mass is 418 g/mol. The molecule has 0 unspecified atom stereocenters. The number of Topliss-reactive ketones (excluding diaryl/α,β-unsaturated/α-hetero) is 1. The van der Waals surface area contributed by atoms with Gasteiger partial charge in [0.1, 0.15) is 12.1 Å². The van der Waals surface area contributed by atoms with E-state index in [2.05, 4.69) is 14.8 Å². The minimum absolute atomic E-state index is 0.0394. The summed E-state index contributed by atoms with van der Waals surface area (Å²) in [6.45, 7) is 4.31. The summed E-state index contributed by atoms with van der Waals surface area (Å²) in [7, 11) is 5.25. The molecule has 1 atom stereocenters. The number of nitrogens with one attached hydrogen (secondary N) is 2. The molecule has 0 aliphatic heterocycles. The van der Waals surface area contributed by atoms with Crippen LogP contribution in [-0.4, -0.2) is 86.4 Å². The maximum Gasteiger partial charge on any atom is 0.428 e. The zero-order valence-corrected chi connectivity index (χ0v) is 17.9. The molecule has 0 saturated heterocycles. The van der Waals surface area contributed by atoms with Gasteiger partial charge >= 0.3 is 18.3 Å². The number of hydrogen-bond donors (Lipinski definition) is 2. The van der Waals surface area contributed by atoms with Gasteiger partial charge in [0, 0.05) is 20.5 Å². The van der Waals surface area contributed by atoms with E-state index in [1.54, 1.807) is 34.9 Å². The second-order valence-electron chi connectivity index (χ2n) is 7.15. The number of amides is 4. The number of alkyl carbamates (subject to hydrolysis) is 1. The highest BCUT2D eigenvalue weighted by Crippen LogP contribution is 2.09. The van der Waals surface area contributed by atoms with Crippen LogP contribution in [0, 0.1) is 0 Å².